The minimum Gasteiger partial charge on any atom is -0.337 e. The molecule has 1 N–H and O–H groups in total. The van der Waals surface area contributed by atoms with Gasteiger partial charge in [0.05, 0.1) is 4.47 Å². The fraction of sp³-hybridized carbons (Fsp3) is 0.500. The highest BCUT2D eigenvalue weighted by Gasteiger charge is 2.21. The Bertz CT molecular complexity index is 461. The van der Waals surface area contributed by atoms with Gasteiger partial charge in [0.15, 0.2) is 0 Å². The molecule has 104 valence electrons. The smallest absolute Gasteiger partial charge is 0.254 e. The molecule has 1 fully saturated rings. The molecular formula is C14H18BrFN2O. The predicted molar refractivity (Wildman–Crippen MR) is 76.7 cm³/mol. The SMILES string of the molecule is CCN(CC1CCCN1)C(=O)c1ccc(Br)c(F)c1. The summed E-state index contributed by atoms with van der Waals surface area (Å²) >= 11 is 3.09. The van der Waals surface area contributed by atoms with Crippen LogP contribution in [0.25, 0.3) is 0 Å². The van der Waals surface area contributed by atoms with E-state index in [0.29, 0.717) is 29.2 Å². The maximum atomic E-state index is 13.5. The number of nitrogens with zero attached hydrogens (tertiary/aromatic N) is 1. The Morgan fingerprint density at radius 2 is 2.37 bits per heavy atom. The number of nitrogens with one attached hydrogen (secondary N) is 1. The lowest BCUT2D eigenvalue weighted by Crippen LogP contribution is -2.41. The highest BCUT2D eigenvalue weighted by molar-refractivity contribution is 9.10. The molecule has 5 heteroatoms. The van der Waals surface area contributed by atoms with Gasteiger partial charge in [-0.2, -0.15) is 0 Å². The van der Waals surface area contributed by atoms with E-state index in [2.05, 4.69) is 21.2 Å². The normalized spacial score (nSPS) is 18.6. The van der Waals surface area contributed by atoms with Gasteiger partial charge < -0.3 is 10.2 Å². The summed E-state index contributed by atoms with van der Waals surface area (Å²) in [6.45, 7) is 4.28. The molecule has 0 saturated carbocycles. The Morgan fingerprint density at radius 1 is 1.58 bits per heavy atom. The van der Waals surface area contributed by atoms with E-state index in [4.69, 9.17) is 0 Å². The number of rotatable bonds is 4. The second kappa shape index (κ2) is 6.48. The maximum absolute atomic E-state index is 13.5. The lowest BCUT2D eigenvalue weighted by Gasteiger charge is -2.24. The monoisotopic (exact) mass is 328 g/mol. The summed E-state index contributed by atoms with van der Waals surface area (Å²) in [5.74, 6) is -0.511. The second-order valence-corrected chi connectivity index (χ2v) is 5.62. The van der Waals surface area contributed by atoms with Crippen LogP contribution in [0.5, 0.6) is 0 Å². The largest absolute Gasteiger partial charge is 0.337 e. The van der Waals surface area contributed by atoms with Crippen molar-refractivity contribution in [3.8, 4) is 0 Å². The van der Waals surface area contributed by atoms with Crippen molar-refractivity contribution >= 4 is 21.8 Å². The van der Waals surface area contributed by atoms with Crippen LogP contribution in [0, 0.1) is 5.82 Å². The highest BCUT2D eigenvalue weighted by Crippen LogP contribution is 2.18. The molecule has 0 aromatic heterocycles. The first-order valence-corrected chi connectivity index (χ1v) is 7.39. The van der Waals surface area contributed by atoms with Crippen molar-refractivity contribution in [2.24, 2.45) is 0 Å². The molecule has 2 rings (SSSR count). The van der Waals surface area contributed by atoms with Crippen molar-refractivity contribution in [2.45, 2.75) is 25.8 Å². The molecule has 1 aliphatic heterocycles. The number of carbonyl (C=O) groups is 1. The van der Waals surface area contributed by atoms with E-state index in [9.17, 15) is 9.18 Å². The van der Waals surface area contributed by atoms with E-state index in [1.807, 2.05) is 6.92 Å². The van der Waals surface area contributed by atoms with Crippen LogP contribution >= 0.6 is 15.9 Å². The van der Waals surface area contributed by atoms with Gasteiger partial charge in [-0.05, 0) is 60.4 Å². The molecule has 3 nitrogen and oxygen atoms in total. The van der Waals surface area contributed by atoms with E-state index in [-0.39, 0.29) is 5.91 Å². The van der Waals surface area contributed by atoms with Crippen molar-refractivity contribution < 1.29 is 9.18 Å². The van der Waals surface area contributed by atoms with E-state index in [1.165, 1.54) is 6.07 Å². The molecule has 1 saturated heterocycles. The van der Waals surface area contributed by atoms with Gasteiger partial charge in [0.2, 0.25) is 0 Å². The highest BCUT2D eigenvalue weighted by atomic mass is 79.9. The zero-order valence-corrected chi connectivity index (χ0v) is 12.5. The quantitative estimate of drug-likeness (QED) is 0.921. The van der Waals surface area contributed by atoms with Crippen LogP contribution in [-0.2, 0) is 0 Å². The Morgan fingerprint density at radius 3 is 2.95 bits per heavy atom. The average molecular weight is 329 g/mol. The summed E-state index contributed by atoms with van der Waals surface area (Å²) < 4.78 is 13.9. The lowest BCUT2D eigenvalue weighted by atomic mass is 10.1. The van der Waals surface area contributed by atoms with Crippen molar-refractivity contribution in [1.29, 1.82) is 0 Å². The van der Waals surface area contributed by atoms with Gasteiger partial charge in [0.25, 0.3) is 5.91 Å². The summed E-state index contributed by atoms with van der Waals surface area (Å²) in [5, 5.41) is 3.37. The zero-order chi connectivity index (χ0) is 13.8. The fourth-order valence-corrected chi connectivity index (χ4v) is 2.59. The van der Waals surface area contributed by atoms with E-state index < -0.39 is 5.82 Å². The van der Waals surface area contributed by atoms with Gasteiger partial charge in [-0.25, -0.2) is 4.39 Å². The van der Waals surface area contributed by atoms with Gasteiger partial charge in [0, 0.05) is 24.7 Å². The number of hydrogen-bond donors (Lipinski definition) is 1. The van der Waals surface area contributed by atoms with E-state index >= 15 is 0 Å². The summed E-state index contributed by atoms with van der Waals surface area (Å²) in [7, 11) is 0. The van der Waals surface area contributed by atoms with Crippen molar-refractivity contribution in [1.82, 2.24) is 10.2 Å². The summed E-state index contributed by atoms with van der Waals surface area (Å²) in [6, 6.07) is 4.88. The zero-order valence-electron chi connectivity index (χ0n) is 11.0. The molecule has 0 aliphatic carbocycles. The molecule has 1 atom stereocenters. The molecule has 1 unspecified atom stereocenters. The Hall–Kier alpha value is -0.940. The Labute approximate surface area is 121 Å². The standard InChI is InChI=1S/C14H18BrFN2O/c1-2-18(9-11-4-3-7-17-11)14(19)10-5-6-12(15)13(16)8-10/h5-6,8,11,17H,2-4,7,9H2,1H3. The second-order valence-electron chi connectivity index (χ2n) is 4.77. The third kappa shape index (κ3) is 3.54. The molecule has 0 radical (unpaired) electrons. The number of likely N-dealkylation sites (N-methyl/N-ethyl adjacent to an activating group) is 1. The van der Waals surface area contributed by atoms with Crippen LogP contribution in [0.4, 0.5) is 4.39 Å². The Kier molecular flexibility index (Phi) is 4.93. The first kappa shape index (κ1) is 14.5. The fourth-order valence-electron chi connectivity index (χ4n) is 2.35. The van der Waals surface area contributed by atoms with Crippen LogP contribution in [0.15, 0.2) is 22.7 Å². The number of hydrogen-bond acceptors (Lipinski definition) is 2. The number of benzene rings is 1. The minimum atomic E-state index is -0.402. The van der Waals surface area contributed by atoms with Gasteiger partial charge in [-0.15, -0.1) is 0 Å². The van der Waals surface area contributed by atoms with Crippen LogP contribution in [-0.4, -0.2) is 36.5 Å². The predicted octanol–water partition coefficient (Wildman–Crippen LogP) is 2.80. The molecule has 1 aliphatic rings. The lowest BCUT2D eigenvalue weighted by molar-refractivity contribution is 0.0750. The third-order valence-corrected chi connectivity index (χ3v) is 4.08. The molecule has 1 aromatic carbocycles. The third-order valence-electron chi connectivity index (χ3n) is 3.44. The number of carbonyl (C=O) groups excluding carboxylic acids is 1. The maximum Gasteiger partial charge on any atom is 0.254 e. The van der Waals surface area contributed by atoms with Crippen molar-refractivity contribution in [2.75, 3.05) is 19.6 Å². The van der Waals surface area contributed by atoms with Gasteiger partial charge in [-0.3, -0.25) is 4.79 Å². The van der Waals surface area contributed by atoms with Crippen LogP contribution in [0.2, 0.25) is 0 Å². The van der Waals surface area contributed by atoms with E-state index in [1.54, 1.807) is 17.0 Å². The van der Waals surface area contributed by atoms with Crippen molar-refractivity contribution in [3.05, 3.63) is 34.1 Å². The summed E-state index contributed by atoms with van der Waals surface area (Å²) in [5.41, 5.74) is 0.403. The first-order chi connectivity index (χ1) is 9.11. The van der Waals surface area contributed by atoms with Crippen LogP contribution in [0.3, 0.4) is 0 Å². The summed E-state index contributed by atoms with van der Waals surface area (Å²) in [6.07, 6.45) is 2.25. The van der Waals surface area contributed by atoms with Gasteiger partial charge in [-0.1, -0.05) is 0 Å². The molecule has 0 spiro atoms. The van der Waals surface area contributed by atoms with Crippen molar-refractivity contribution in [3.63, 3.8) is 0 Å². The van der Waals surface area contributed by atoms with Gasteiger partial charge in [0.1, 0.15) is 5.82 Å². The van der Waals surface area contributed by atoms with Crippen LogP contribution in [0.1, 0.15) is 30.1 Å². The molecule has 0 bridgehead atoms. The molecule has 1 heterocycles. The minimum absolute atomic E-state index is 0.109. The Balaban J connectivity index is 2.08. The average Bonchev–Trinajstić information content (AvgIpc) is 2.91. The molecular weight excluding hydrogens is 311 g/mol. The van der Waals surface area contributed by atoms with Crippen LogP contribution < -0.4 is 5.32 Å². The van der Waals surface area contributed by atoms with Gasteiger partial charge >= 0.3 is 0 Å². The molecule has 1 aromatic rings. The molecule has 19 heavy (non-hydrogen) atoms. The topological polar surface area (TPSA) is 32.3 Å². The molecule has 1 amide bonds. The number of halogens is 2. The first-order valence-electron chi connectivity index (χ1n) is 6.59. The number of amides is 1. The summed E-state index contributed by atoms with van der Waals surface area (Å²) in [4.78, 5) is 14.1. The van der Waals surface area contributed by atoms with E-state index in [0.717, 1.165) is 19.4 Å².